The molecule has 0 fully saturated rings. The average molecular weight is 173 g/mol. The second kappa shape index (κ2) is 3.17. The largest absolute Gasteiger partial charge is 0.311 e. The first-order valence-corrected chi connectivity index (χ1v) is 2.89. The van der Waals surface area contributed by atoms with Crippen molar-refractivity contribution in [2.24, 2.45) is 0 Å². The van der Waals surface area contributed by atoms with E-state index < -0.39 is 30.0 Å². The van der Waals surface area contributed by atoms with Crippen molar-refractivity contribution in [1.29, 1.82) is 5.26 Å². The highest BCUT2D eigenvalue weighted by Gasteiger charge is 2.13. The van der Waals surface area contributed by atoms with Gasteiger partial charge in [0.05, 0.1) is 18.2 Å². The second-order valence-electron chi connectivity index (χ2n) is 1.88. The van der Waals surface area contributed by atoms with Crippen LogP contribution in [0.25, 0.3) is 0 Å². The molecule has 3 nitrogen and oxygen atoms in total. The van der Waals surface area contributed by atoms with Crippen LogP contribution < -0.4 is 0 Å². The molecule has 1 heterocycles. The Morgan fingerprint density at radius 3 is 2.50 bits per heavy atom. The fourth-order valence-corrected chi connectivity index (χ4v) is 0.627. The molecule has 0 atom stereocenters. The predicted octanol–water partition coefficient (Wildman–Crippen LogP) is 0.960. The fourth-order valence-electron chi connectivity index (χ4n) is 0.627. The summed E-state index contributed by atoms with van der Waals surface area (Å²) >= 11 is 0. The van der Waals surface area contributed by atoms with Crippen LogP contribution in [0.3, 0.4) is 0 Å². The third kappa shape index (κ3) is 1.50. The summed E-state index contributed by atoms with van der Waals surface area (Å²) in [5.41, 5.74) is -0.567. The third-order valence-electron chi connectivity index (χ3n) is 1.10. The molecule has 0 radical (unpaired) electrons. The Morgan fingerprint density at radius 1 is 1.25 bits per heavy atom. The lowest BCUT2D eigenvalue weighted by molar-refractivity contribution is 0.417. The lowest BCUT2D eigenvalue weighted by atomic mass is 10.3. The molecule has 0 saturated carbocycles. The van der Waals surface area contributed by atoms with E-state index in [1.807, 2.05) is 0 Å². The van der Waals surface area contributed by atoms with Gasteiger partial charge in [-0.15, -0.1) is 0 Å². The summed E-state index contributed by atoms with van der Waals surface area (Å²) in [5.74, 6) is -2.95. The summed E-state index contributed by atoms with van der Waals surface area (Å²) in [6.07, 6.45) is -1.86. The normalized spacial score (nSPS) is 9.50. The summed E-state index contributed by atoms with van der Waals surface area (Å²) in [4.78, 5) is 5.40. The molecule has 0 N–H and O–H groups in total. The van der Waals surface area contributed by atoms with Gasteiger partial charge >= 0.3 is 6.08 Å². The maximum Gasteiger partial charge on any atom is 0.311 e. The van der Waals surface area contributed by atoms with Crippen LogP contribution in [0.15, 0.2) is 0 Å². The van der Waals surface area contributed by atoms with Gasteiger partial charge in [0.2, 0.25) is 5.82 Å². The van der Waals surface area contributed by atoms with Gasteiger partial charge in [-0.2, -0.15) is 23.4 Å². The van der Waals surface area contributed by atoms with E-state index in [4.69, 9.17) is 5.26 Å². The van der Waals surface area contributed by atoms with Crippen molar-refractivity contribution >= 4 is 0 Å². The van der Waals surface area contributed by atoms with Gasteiger partial charge in [0, 0.05) is 0 Å². The van der Waals surface area contributed by atoms with Gasteiger partial charge in [-0.3, -0.25) is 0 Å². The van der Waals surface area contributed by atoms with Crippen molar-refractivity contribution in [3.8, 4) is 6.07 Å². The standard InChI is InChI=1S/C6H2F3N3/c7-4-3(1-2-10)11-6(9)12-5(4)8/h1H2. The third-order valence-corrected chi connectivity index (χ3v) is 1.10. The van der Waals surface area contributed by atoms with E-state index in [-0.39, 0.29) is 0 Å². The highest BCUT2D eigenvalue weighted by molar-refractivity contribution is 5.08. The number of nitriles is 1. The Balaban J connectivity index is 3.20. The number of hydrogen-bond acceptors (Lipinski definition) is 3. The summed E-state index contributed by atoms with van der Waals surface area (Å²) < 4.78 is 37.0. The Labute approximate surface area is 65.5 Å². The van der Waals surface area contributed by atoms with Gasteiger partial charge < -0.3 is 0 Å². The van der Waals surface area contributed by atoms with Gasteiger partial charge in [-0.05, 0) is 0 Å². The monoisotopic (exact) mass is 173 g/mol. The van der Waals surface area contributed by atoms with Crippen LogP contribution in [0.2, 0.25) is 0 Å². The van der Waals surface area contributed by atoms with E-state index in [1.165, 1.54) is 6.07 Å². The van der Waals surface area contributed by atoms with E-state index in [0.29, 0.717) is 0 Å². The van der Waals surface area contributed by atoms with Crippen molar-refractivity contribution < 1.29 is 13.2 Å². The molecular formula is C6H2F3N3. The number of rotatable bonds is 1. The van der Waals surface area contributed by atoms with Gasteiger partial charge in [-0.25, -0.2) is 4.98 Å². The molecule has 0 unspecified atom stereocenters. The van der Waals surface area contributed by atoms with Gasteiger partial charge in [0.1, 0.15) is 0 Å². The van der Waals surface area contributed by atoms with Crippen LogP contribution in [0, 0.1) is 29.2 Å². The molecule has 0 aromatic carbocycles. The smallest absolute Gasteiger partial charge is 0.203 e. The Hall–Kier alpha value is -1.64. The highest BCUT2D eigenvalue weighted by Crippen LogP contribution is 2.07. The molecule has 0 amide bonds. The van der Waals surface area contributed by atoms with Gasteiger partial charge in [0.15, 0.2) is 0 Å². The van der Waals surface area contributed by atoms with Gasteiger partial charge in [-0.1, -0.05) is 0 Å². The average Bonchev–Trinajstić information content (AvgIpc) is 2.00. The Kier molecular flexibility index (Phi) is 2.24. The van der Waals surface area contributed by atoms with Crippen LogP contribution in [-0.4, -0.2) is 9.97 Å². The van der Waals surface area contributed by atoms with E-state index >= 15 is 0 Å². The molecule has 0 spiro atoms. The molecule has 6 heteroatoms. The van der Waals surface area contributed by atoms with E-state index in [1.54, 1.807) is 0 Å². The summed E-state index contributed by atoms with van der Waals surface area (Å²) in [7, 11) is 0. The highest BCUT2D eigenvalue weighted by atomic mass is 19.2. The van der Waals surface area contributed by atoms with Crippen molar-refractivity contribution in [2.75, 3.05) is 0 Å². The first kappa shape index (κ1) is 8.46. The molecule has 0 bridgehead atoms. The predicted molar refractivity (Wildman–Crippen MR) is 31.2 cm³/mol. The topological polar surface area (TPSA) is 49.6 Å². The molecule has 12 heavy (non-hydrogen) atoms. The van der Waals surface area contributed by atoms with Crippen LogP contribution in [0.1, 0.15) is 5.69 Å². The molecule has 1 aromatic rings. The Bertz CT molecular complexity index is 345. The Morgan fingerprint density at radius 2 is 1.92 bits per heavy atom. The first-order valence-electron chi connectivity index (χ1n) is 2.89. The van der Waals surface area contributed by atoms with Crippen LogP contribution in [-0.2, 0) is 6.42 Å². The maximum atomic E-state index is 12.6. The van der Waals surface area contributed by atoms with Crippen molar-refractivity contribution in [3.05, 3.63) is 23.5 Å². The number of nitrogens with zero attached hydrogens (tertiary/aromatic N) is 3. The van der Waals surface area contributed by atoms with Gasteiger partial charge in [0.25, 0.3) is 5.95 Å². The molecule has 0 saturated heterocycles. The minimum absolute atomic E-state index is 0.484. The minimum atomic E-state index is -1.58. The molecule has 0 aliphatic carbocycles. The van der Waals surface area contributed by atoms with E-state index in [0.717, 1.165) is 0 Å². The van der Waals surface area contributed by atoms with E-state index in [9.17, 15) is 13.2 Å². The quantitative estimate of drug-likeness (QED) is 0.469. The SMILES string of the molecule is N#CCc1nc(F)nc(F)c1F. The zero-order valence-electron chi connectivity index (χ0n) is 5.68. The zero-order valence-corrected chi connectivity index (χ0v) is 5.68. The first-order chi connectivity index (χ1) is 5.65. The molecule has 0 aliphatic rings. The molecular weight excluding hydrogens is 171 g/mol. The molecule has 0 aliphatic heterocycles. The van der Waals surface area contributed by atoms with Crippen LogP contribution in [0.5, 0.6) is 0 Å². The lowest BCUT2D eigenvalue weighted by Gasteiger charge is -1.96. The summed E-state index contributed by atoms with van der Waals surface area (Å²) in [6, 6.07) is 1.52. The number of aromatic nitrogens is 2. The van der Waals surface area contributed by atoms with E-state index in [2.05, 4.69) is 9.97 Å². The van der Waals surface area contributed by atoms with Crippen LogP contribution >= 0.6 is 0 Å². The van der Waals surface area contributed by atoms with Crippen molar-refractivity contribution in [3.63, 3.8) is 0 Å². The minimum Gasteiger partial charge on any atom is -0.203 e. The molecule has 1 aromatic heterocycles. The zero-order chi connectivity index (χ0) is 9.14. The van der Waals surface area contributed by atoms with Crippen molar-refractivity contribution in [2.45, 2.75) is 6.42 Å². The molecule has 1 rings (SSSR count). The van der Waals surface area contributed by atoms with Crippen LogP contribution in [0.4, 0.5) is 13.2 Å². The number of hydrogen-bond donors (Lipinski definition) is 0. The fraction of sp³-hybridized carbons (Fsp3) is 0.167. The molecule has 62 valence electrons. The second-order valence-corrected chi connectivity index (χ2v) is 1.88. The summed E-state index contributed by atoms with van der Waals surface area (Å²) in [5, 5.41) is 8.10. The summed E-state index contributed by atoms with van der Waals surface area (Å²) in [6.45, 7) is 0. The van der Waals surface area contributed by atoms with Crippen molar-refractivity contribution in [1.82, 2.24) is 9.97 Å². The lowest BCUT2D eigenvalue weighted by Crippen LogP contribution is -2.04. The maximum absolute atomic E-state index is 12.6. The number of halogens is 3.